The molecule has 0 atom stereocenters. The average Bonchev–Trinajstić information content (AvgIpc) is 2.38. The van der Waals surface area contributed by atoms with Gasteiger partial charge >= 0.3 is 0 Å². The zero-order valence-electron chi connectivity index (χ0n) is 10.7. The van der Waals surface area contributed by atoms with Crippen LogP contribution in [0.1, 0.15) is 17.3 Å². The van der Waals surface area contributed by atoms with Crippen molar-refractivity contribution < 1.29 is 14.5 Å². The molecule has 0 aliphatic heterocycles. The molecule has 0 amide bonds. The fourth-order valence-electron chi connectivity index (χ4n) is 1.43. The molecule has 0 saturated heterocycles. The van der Waals surface area contributed by atoms with Crippen LogP contribution in [0.2, 0.25) is 0 Å². The minimum atomic E-state index is -0.524. The van der Waals surface area contributed by atoms with Crippen LogP contribution in [0, 0.1) is 10.1 Å². The molecular formula is C13H16N2O4. The molecule has 0 fully saturated rings. The van der Waals surface area contributed by atoms with Gasteiger partial charge in [-0.2, -0.15) is 0 Å². The highest BCUT2D eigenvalue weighted by Crippen LogP contribution is 2.24. The summed E-state index contributed by atoms with van der Waals surface area (Å²) in [5.41, 5.74) is 1.44. The van der Waals surface area contributed by atoms with Crippen molar-refractivity contribution in [3.8, 4) is 0 Å². The van der Waals surface area contributed by atoms with Gasteiger partial charge < -0.3 is 10.1 Å². The molecule has 1 N–H and O–H groups in total. The van der Waals surface area contributed by atoms with Crippen LogP contribution < -0.4 is 5.32 Å². The first-order valence-corrected chi connectivity index (χ1v) is 5.74. The van der Waals surface area contributed by atoms with Crippen LogP contribution in [0.5, 0.6) is 0 Å². The number of carbonyl (C=O) groups excluding carboxylic acids is 1. The number of carbonyl (C=O) groups is 1. The first-order valence-electron chi connectivity index (χ1n) is 5.74. The fourth-order valence-corrected chi connectivity index (χ4v) is 1.43. The van der Waals surface area contributed by atoms with Gasteiger partial charge in [0.1, 0.15) is 12.0 Å². The van der Waals surface area contributed by atoms with Gasteiger partial charge in [0.25, 0.3) is 5.69 Å². The Morgan fingerprint density at radius 1 is 1.58 bits per heavy atom. The molecule has 0 aliphatic rings. The number of nitro groups is 1. The highest BCUT2D eigenvalue weighted by Gasteiger charge is 2.13. The van der Waals surface area contributed by atoms with E-state index in [2.05, 4.69) is 11.9 Å². The van der Waals surface area contributed by atoms with E-state index in [1.54, 1.807) is 0 Å². The third-order valence-electron chi connectivity index (χ3n) is 2.26. The Balaban J connectivity index is 2.60. The van der Waals surface area contributed by atoms with E-state index < -0.39 is 4.92 Å². The second kappa shape index (κ2) is 7.27. The van der Waals surface area contributed by atoms with E-state index in [-0.39, 0.29) is 11.3 Å². The molecule has 19 heavy (non-hydrogen) atoms. The molecule has 1 aromatic carbocycles. The van der Waals surface area contributed by atoms with Crippen molar-refractivity contribution in [1.82, 2.24) is 0 Å². The Morgan fingerprint density at radius 3 is 2.89 bits per heavy atom. The average molecular weight is 264 g/mol. The maximum Gasteiger partial charge on any atom is 0.293 e. The maximum absolute atomic E-state index is 10.9. The number of hydrogen-bond acceptors (Lipinski definition) is 5. The lowest BCUT2D eigenvalue weighted by molar-refractivity contribution is -0.384. The number of rotatable bonds is 8. The Bertz CT molecular complexity index is 486. The van der Waals surface area contributed by atoms with Crippen molar-refractivity contribution in [2.75, 3.05) is 25.1 Å². The summed E-state index contributed by atoms with van der Waals surface area (Å²) in [5, 5.41) is 13.8. The summed E-state index contributed by atoms with van der Waals surface area (Å²) in [6.45, 7) is 6.88. The van der Waals surface area contributed by atoms with E-state index in [1.807, 2.05) is 6.92 Å². The monoisotopic (exact) mass is 264 g/mol. The predicted octanol–water partition coefficient (Wildman–Crippen LogP) is 2.41. The van der Waals surface area contributed by atoms with Crippen molar-refractivity contribution in [2.45, 2.75) is 6.92 Å². The number of nitro benzene ring substituents is 1. The molecule has 6 heteroatoms. The van der Waals surface area contributed by atoms with Crippen molar-refractivity contribution in [3.63, 3.8) is 0 Å². The second-order valence-electron chi connectivity index (χ2n) is 4.09. The van der Waals surface area contributed by atoms with Crippen LogP contribution in [0.3, 0.4) is 0 Å². The van der Waals surface area contributed by atoms with Crippen LogP contribution in [0.25, 0.3) is 0 Å². The molecule has 0 heterocycles. The molecule has 1 rings (SSSR count). The first kappa shape index (κ1) is 14.8. The van der Waals surface area contributed by atoms with Crippen LogP contribution in [-0.2, 0) is 4.74 Å². The van der Waals surface area contributed by atoms with Gasteiger partial charge in [-0.25, -0.2) is 0 Å². The van der Waals surface area contributed by atoms with Gasteiger partial charge in [0.15, 0.2) is 0 Å². The quantitative estimate of drug-likeness (QED) is 0.256. The molecule has 0 saturated carbocycles. The molecule has 0 aromatic heterocycles. The third kappa shape index (κ3) is 4.89. The molecule has 6 nitrogen and oxygen atoms in total. The van der Waals surface area contributed by atoms with E-state index in [1.165, 1.54) is 18.2 Å². The molecule has 0 spiro atoms. The minimum Gasteiger partial charge on any atom is -0.377 e. The lowest BCUT2D eigenvalue weighted by Crippen LogP contribution is -2.11. The highest BCUT2D eigenvalue weighted by molar-refractivity contribution is 5.79. The molecule has 1 aromatic rings. The SMILES string of the molecule is C=C(C)COCCNc1ccc(C=O)cc1[N+](=O)[O-]. The van der Waals surface area contributed by atoms with Gasteiger partial charge in [-0.3, -0.25) is 14.9 Å². The van der Waals surface area contributed by atoms with Crippen LogP contribution >= 0.6 is 0 Å². The van der Waals surface area contributed by atoms with E-state index in [0.717, 1.165) is 5.57 Å². The number of hydrogen-bond donors (Lipinski definition) is 1. The number of anilines is 1. The molecule has 0 radical (unpaired) electrons. The van der Waals surface area contributed by atoms with E-state index in [4.69, 9.17) is 4.74 Å². The van der Waals surface area contributed by atoms with Gasteiger partial charge in [-0.1, -0.05) is 12.2 Å². The van der Waals surface area contributed by atoms with Gasteiger partial charge in [-0.05, 0) is 19.1 Å². The molecule has 0 bridgehead atoms. The minimum absolute atomic E-state index is 0.121. The predicted molar refractivity (Wildman–Crippen MR) is 72.6 cm³/mol. The van der Waals surface area contributed by atoms with Crippen molar-refractivity contribution in [3.05, 3.63) is 46.0 Å². The summed E-state index contributed by atoms with van der Waals surface area (Å²) in [6, 6.07) is 4.28. The zero-order valence-corrected chi connectivity index (χ0v) is 10.7. The second-order valence-corrected chi connectivity index (χ2v) is 4.09. The van der Waals surface area contributed by atoms with Crippen LogP contribution in [0.4, 0.5) is 11.4 Å². The molecule has 0 unspecified atom stereocenters. The van der Waals surface area contributed by atoms with E-state index in [0.29, 0.717) is 31.7 Å². The Labute approximate surface area is 111 Å². The van der Waals surface area contributed by atoms with Gasteiger partial charge in [0, 0.05) is 18.2 Å². The molecule has 0 aliphatic carbocycles. The normalized spacial score (nSPS) is 9.95. The summed E-state index contributed by atoms with van der Waals surface area (Å²) in [5.74, 6) is 0. The number of ether oxygens (including phenoxy) is 1. The largest absolute Gasteiger partial charge is 0.377 e. The summed E-state index contributed by atoms with van der Waals surface area (Å²) in [4.78, 5) is 20.9. The smallest absolute Gasteiger partial charge is 0.293 e. The summed E-state index contributed by atoms with van der Waals surface area (Å²) < 4.78 is 5.27. The molecular weight excluding hydrogens is 248 g/mol. The lowest BCUT2D eigenvalue weighted by Gasteiger charge is -2.08. The standard InChI is InChI=1S/C13H16N2O4/c1-10(2)9-19-6-5-14-12-4-3-11(8-16)7-13(12)15(17)18/h3-4,7-8,14H,1,5-6,9H2,2H3. The topological polar surface area (TPSA) is 81.5 Å². The third-order valence-corrected chi connectivity index (χ3v) is 2.26. The molecule has 102 valence electrons. The van der Waals surface area contributed by atoms with Crippen molar-refractivity contribution in [2.24, 2.45) is 0 Å². The number of aldehydes is 1. The van der Waals surface area contributed by atoms with Gasteiger partial charge in [-0.15, -0.1) is 0 Å². The number of nitrogens with zero attached hydrogens (tertiary/aromatic N) is 1. The van der Waals surface area contributed by atoms with Crippen molar-refractivity contribution in [1.29, 1.82) is 0 Å². The Morgan fingerprint density at radius 2 is 2.32 bits per heavy atom. The van der Waals surface area contributed by atoms with Crippen molar-refractivity contribution >= 4 is 17.7 Å². The first-order chi connectivity index (χ1) is 9.04. The van der Waals surface area contributed by atoms with Gasteiger partial charge in [0.2, 0.25) is 0 Å². The van der Waals surface area contributed by atoms with E-state index in [9.17, 15) is 14.9 Å². The summed E-state index contributed by atoms with van der Waals surface area (Å²) >= 11 is 0. The highest BCUT2D eigenvalue weighted by atomic mass is 16.6. The van der Waals surface area contributed by atoms with Gasteiger partial charge in [0.05, 0.1) is 18.1 Å². The van der Waals surface area contributed by atoms with Crippen LogP contribution in [0.15, 0.2) is 30.4 Å². The fraction of sp³-hybridized carbons (Fsp3) is 0.308. The van der Waals surface area contributed by atoms with E-state index >= 15 is 0 Å². The maximum atomic E-state index is 10.9. The Kier molecular flexibility index (Phi) is 5.69. The summed E-state index contributed by atoms with van der Waals surface area (Å²) in [6.07, 6.45) is 0.576. The number of nitrogens with one attached hydrogen (secondary N) is 1. The lowest BCUT2D eigenvalue weighted by atomic mass is 10.2. The number of benzene rings is 1. The summed E-state index contributed by atoms with van der Waals surface area (Å²) in [7, 11) is 0. The van der Waals surface area contributed by atoms with Crippen LogP contribution in [-0.4, -0.2) is 31.0 Å². The zero-order chi connectivity index (χ0) is 14.3. The Hall–Kier alpha value is -2.21.